The van der Waals surface area contributed by atoms with Crippen molar-refractivity contribution in [3.63, 3.8) is 0 Å². The van der Waals surface area contributed by atoms with Crippen LogP contribution >= 0.6 is 0 Å². The fraction of sp³-hybridized carbons (Fsp3) is 0.500. The summed E-state index contributed by atoms with van der Waals surface area (Å²) < 4.78 is 10.9. The van der Waals surface area contributed by atoms with Crippen molar-refractivity contribution in [2.75, 3.05) is 46.1 Å². The minimum atomic E-state index is 0.184. The number of benzene rings is 2. The van der Waals surface area contributed by atoms with E-state index in [0.717, 1.165) is 76.7 Å². The molecule has 32 heavy (non-hydrogen) atoms. The van der Waals surface area contributed by atoms with E-state index in [1.165, 1.54) is 16.7 Å². The minimum absolute atomic E-state index is 0.184. The zero-order valence-electron chi connectivity index (χ0n) is 19.0. The van der Waals surface area contributed by atoms with Gasteiger partial charge in [-0.05, 0) is 61.7 Å². The van der Waals surface area contributed by atoms with Crippen molar-refractivity contribution >= 4 is 5.91 Å². The normalized spacial score (nSPS) is 20.0. The molecule has 0 aliphatic carbocycles. The number of amides is 1. The van der Waals surface area contributed by atoms with Gasteiger partial charge in [-0.3, -0.25) is 14.6 Å². The predicted molar refractivity (Wildman–Crippen MR) is 124 cm³/mol. The first-order valence-corrected chi connectivity index (χ1v) is 11.8. The molecule has 0 radical (unpaired) electrons. The number of ether oxygens (including phenoxy) is 2. The Morgan fingerprint density at radius 2 is 1.59 bits per heavy atom. The van der Waals surface area contributed by atoms with Crippen molar-refractivity contribution < 1.29 is 14.3 Å². The van der Waals surface area contributed by atoms with Crippen LogP contribution < -0.4 is 9.47 Å². The second kappa shape index (κ2) is 9.51. The zero-order chi connectivity index (χ0) is 21.9. The molecule has 0 unspecified atom stereocenters. The summed E-state index contributed by atoms with van der Waals surface area (Å²) in [5, 5.41) is 0. The summed E-state index contributed by atoms with van der Waals surface area (Å²) in [4.78, 5) is 20.1. The maximum absolute atomic E-state index is 13.1. The van der Waals surface area contributed by atoms with Gasteiger partial charge in [0.25, 0.3) is 0 Å². The lowest BCUT2D eigenvalue weighted by Crippen LogP contribution is -2.51. The Morgan fingerprint density at radius 3 is 2.38 bits per heavy atom. The lowest BCUT2D eigenvalue weighted by atomic mass is 9.94. The predicted octanol–water partition coefficient (Wildman–Crippen LogP) is 3.28. The van der Waals surface area contributed by atoms with Crippen LogP contribution in [0, 0.1) is 12.8 Å². The van der Waals surface area contributed by atoms with E-state index in [9.17, 15) is 4.79 Å². The van der Waals surface area contributed by atoms with Crippen LogP contribution in [0.2, 0.25) is 0 Å². The number of nitrogens with zero attached hydrogens (tertiary/aromatic N) is 3. The number of aryl methyl sites for hydroxylation is 1. The highest BCUT2D eigenvalue weighted by Gasteiger charge is 2.30. The maximum atomic E-state index is 13.1. The molecule has 6 nitrogen and oxygen atoms in total. The highest BCUT2D eigenvalue weighted by molar-refractivity contribution is 5.79. The van der Waals surface area contributed by atoms with E-state index >= 15 is 0 Å². The Morgan fingerprint density at radius 1 is 0.875 bits per heavy atom. The summed E-state index contributed by atoms with van der Waals surface area (Å²) in [5.41, 5.74) is 3.98. The van der Waals surface area contributed by atoms with Gasteiger partial charge < -0.3 is 14.4 Å². The Hall–Kier alpha value is -2.57. The summed E-state index contributed by atoms with van der Waals surface area (Å²) >= 11 is 0. The fourth-order valence-corrected chi connectivity index (χ4v) is 5.05. The zero-order valence-corrected chi connectivity index (χ0v) is 19.0. The number of hydrogen-bond donors (Lipinski definition) is 0. The van der Waals surface area contributed by atoms with E-state index in [-0.39, 0.29) is 5.92 Å². The maximum Gasteiger partial charge on any atom is 0.231 e. The van der Waals surface area contributed by atoms with Crippen LogP contribution in [-0.2, 0) is 17.9 Å². The fourth-order valence-electron chi connectivity index (χ4n) is 5.05. The van der Waals surface area contributed by atoms with E-state index < -0.39 is 0 Å². The van der Waals surface area contributed by atoms with Gasteiger partial charge in [-0.2, -0.15) is 0 Å². The second-order valence-electron chi connectivity index (χ2n) is 9.27. The van der Waals surface area contributed by atoms with E-state index in [1.54, 1.807) is 0 Å². The van der Waals surface area contributed by atoms with Crippen LogP contribution in [0.5, 0.6) is 11.5 Å². The summed E-state index contributed by atoms with van der Waals surface area (Å²) in [5.74, 6) is 2.21. The van der Waals surface area contributed by atoms with Crippen molar-refractivity contribution in [1.29, 1.82) is 0 Å². The molecule has 2 aromatic rings. The van der Waals surface area contributed by atoms with E-state index in [1.807, 2.05) is 6.07 Å². The number of hydrogen-bond acceptors (Lipinski definition) is 5. The average Bonchev–Trinajstić information content (AvgIpc) is 3.29. The van der Waals surface area contributed by atoms with Gasteiger partial charge in [-0.1, -0.05) is 30.3 Å². The van der Waals surface area contributed by atoms with Gasteiger partial charge in [-0.25, -0.2) is 0 Å². The molecule has 170 valence electrons. The molecule has 3 aliphatic rings. The number of rotatable bonds is 5. The second-order valence-corrected chi connectivity index (χ2v) is 9.27. The number of carbonyl (C=O) groups excluding carboxylic acids is 1. The van der Waals surface area contributed by atoms with Gasteiger partial charge in [0.1, 0.15) is 0 Å². The highest BCUT2D eigenvalue weighted by atomic mass is 16.7. The third-order valence-electron chi connectivity index (χ3n) is 7.12. The Bertz CT molecular complexity index is 947. The largest absolute Gasteiger partial charge is 0.454 e. The molecular weight excluding hydrogens is 402 g/mol. The number of carbonyl (C=O) groups is 1. The molecule has 2 saturated heterocycles. The topological polar surface area (TPSA) is 45.3 Å². The minimum Gasteiger partial charge on any atom is -0.454 e. The van der Waals surface area contributed by atoms with E-state index in [2.05, 4.69) is 58.0 Å². The van der Waals surface area contributed by atoms with Crippen molar-refractivity contribution in [3.8, 4) is 11.5 Å². The molecule has 3 heterocycles. The van der Waals surface area contributed by atoms with Crippen LogP contribution in [0.15, 0.2) is 42.5 Å². The van der Waals surface area contributed by atoms with Gasteiger partial charge in [0.05, 0.1) is 0 Å². The van der Waals surface area contributed by atoms with Crippen molar-refractivity contribution in [2.24, 2.45) is 5.92 Å². The molecule has 0 N–H and O–H groups in total. The highest BCUT2D eigenvalue weighted by Crippen LogP contribution is 2.33. The molecule has 3 aliphatic heterocycles. The monoisotopic (exact) mass is 435 g/mol. The third kappa shape index (κ3) is 4.76. The Balaban J connectivity index is 1.07. The van der Waals surface area contributed by atoms with Crippen LogP contribution in [0.25, 0.3) is 0 Å². The van der Waals surface area contributed by atoms with Crippen molar-refractivity contribution in [2.45, 2.75) is 32.9 Å². The quantitative estimate of drug-likeness (QED) is 0.721. The van der Waals surface area contributed by atoms with E-state index in [0.29, 0.717) is 12.7 Å². The summed E-state index contributed by atoms with van der Waals surface area (Å²) in [7, 11) is 0. The first-order chi connectivity index (χ1) is 15.7. The lowest BCUT2D eigenvalue weighted by Gasteiger charge is -2.38. The summed E-state index contributed by atoms with van der Waals surface area (Å²) in [6.07, 6.45) is 1.95. The molecule has 2 fully saturated rings. The Labute approximate surface area is 190 Å². The molecular formula is C26H33N3O3. The molecule has 0 spiro atoms. The number of piperidine rings is 1. The van der Waals surface area contributed by atoms with Crippen LogP contribution in [-0.4, -0.2) is 66.7 Å². The number of piperazine rings is 1. The SMILES string of the molecule is Cc1ccccc1CN1CCC(C(=O)N2CCN(Cc3ccc4c(c3)OCO4)CC2)CC1. The van der Waals surface area contributed by atoms with E-state index in [4.69, 9.17) is 9.47 Å². The Kier molecular flexibility index (Phi) is 6.32. The molecule has 1 amide bonds. The van der Waals surface area contributed by atoms with Crippen molar-refractivity contribution in [3.05, 3.63) is 59.2 Å². The number of fused-ring (bicyclic) bond motifs is 1. The van der Waals surface area contributed by atoms with Crippen molar-refractivity contribution in [1.82, 2.24) is 14.7 Å². The third-order valence-corrected chi connectivity index (χ3v) is 7.12. The molecule has 6 heteroatoms. The molecule has 2 aromatic carbocycles. The lowest BCUT2D eigenvalue weighted by molar-refractivity contribution is -0.139. The van der Waals surface area contributed by atoms with Gasteiger partial charge in [0.2, 0.25) is 12.7 Å². The van der Waals surface area contributed by atoms with Gasteiger partial charge in [0, 0.05) is 45.2 Å². The van der Waals surface area contributed by atoms with Crippen LogP contribution in [0.1, 0.15) is 29.5 Å². The van der Waals surface area contributed by atoms with Gasteiger partial charge in [0.15, 0.2) is 11.5 Å². The average molecular weight is 436 g/mol. The molecule has 5 rings (SSSR count). The molecule has 0 atom stereocenters. The standard InChI is InChI=1S/C26H33N3O3/c1-20-4-2-3-5-23(20)18-27-10-8-22(9-11-27)26(30)29-14-12-28(13-15-29)17-21-6-7-24-25(16-21)32-19-31-24/h2-7,16,22H,8-15,17-19H2,1H3. The van der Waals surface area contributed by atoms with Gasteiger partial charge >= 0.3 is 0 Å². The number of likely N-dealkylation sites (tertiary alicyclic amines) is 1. The summed E-state index contributed by atoms with van der Waals surface area (Å²) in [6.45, 7) is 9.88. The molecule has 0 saturated carbocycles. The van der Waals surface area contributed by atoms with Gasteiger partial charge in [-0.15, -0.1) is 0 Å². The smallest absolute Gasteiger partial charge is 0.231 e. The molecule has 0 aromatic heterocycles. The molecule has 0 bridgehead atoms. The van der Waals surface area contributed by atoms with Crippen LogP contribution in [0.4, 0.5) is 0 Å². The van der Waals surface area contributed by atoms with Crippen LogP contribution in [0.3, 0.4) is 0 Å². The first-order valence-electron chi connectivity index (χ1n) is 11.8. The summed E-state index contributed by atoms with van der Waals surface area (Å²) in [6, 6.07) is 14.8. The first kappa shape index (κ1) is 21.3.